The molecule has 18 heavy (non-hydrogen) atoms. The molecule has 7 heteroatoms. The fourth-order valence-electron chi connectivity index (χ4n) is 1.16. The lowest BCUT2D eigenvalue weighted by molar-refractivity contribution is 0.102. The summed E-state index contributed by atoms with van der Waals surface area (Å²) in [5, 5.41) is 0.803. The lowest BCUT2D eigenvalue weighted by Crippen LogP contribution is -2.08. The summed E-state index contributed by atoms with van der Waals surface area (Å²) >= 11 is 12.9. The number of ketones is 1. The molecule has 0 unspecified atom stereocenters. The van der Waals surface area contributed by atoms with Crippen molar-refractivity contribution in [3.63, 3.8) is 0 Å². The molecule has 0 aliphatic rings. The summed E-state index contributed by atoms with van der Waals surface area (Å²) in [6.07, 6.45) is 1.17. The van der Waals surface area contributed by atoms with Gasteiger partial charge in [-0.05, 0) is 18.2 Å². The van der Waals surface area contributed by atoms with Crippen molar-refractivity contribution in [2.45, 2.75) is 0 Å². The highest BCUT2D eigenvalue weighted by Crippen LogP contribution is 2.22. The van der Waals surface area contributed by atoms with Crippen LogP contribution in [0.4, 0.5) is 0 Å². The first-order valence-electron chi connectivity index (χ1n) is 5.03. The SMILES string of the molecule is CS(=O)(=O)CCSCC(=O)c1cc(Cl)ccc1Cl. The third-order valence-electron chi connectivity index (χ3n) is 2.06. The van der Waals surface area contributed by atoms with E-state index in [1.54, 1.807) is 12.1 Å². The number of sulfone groups is 1. The molecule has 1 aromatic carbocycles. The third-order valence-corrected chi connectivity index (χ3v) is 4.79. The third kappa shape index (κ3) is 5.61. The Morgan fingerprint density at radius 1 is 1.33 bits per heavy atom. The Morgan fingerprint density at radius 3 is 2.61 bits per heavy atom. The standard InChI is InChI=1S/C11H12Cl2O3S2/c1-18(15,16)5-4-17-7-11(14)9-6-8(12)2-3-10(9)13/h2-3,6H,4-5,7H2,1H3. The molecule has 0 saturated carbocycles. The predicted octanol–water partition coefficient (Wildman–Crippen LogP) is 2.95. The molecule has 0 spiro atoms. The molecule has 100 valence electrons. The van der Waals surface area contributed by atoms with Gasteiger partial charge in [0.15, 0.2) is 5.78 Å². The second-order valence-corrected chi connectivity index (χ2v) is 7.94. The highest BCUT2D eigenvalue weighted by atomic mass is 35.5. The van der Waals surface area contributed by atoms with Crippen LogP contribution in [0.15, 0.2) is 18.2 Å². The topological polar surface area (TPSA) is 51.2 Å². The summed E-state index contributed by atoms with van der Waals surface area (Å²) in [4.78, 5) is 11.8. The Labute approximate surface area is 121 Å². The quantitative estimate of drug-likeness (QED) is 0.595. The van der Waals surface area contributed by atoms with Gasteiger partial charge in [0.2, 0.25) is 0 Å². The molecule has 0 amide bonds. The van der Waals surface area contributed by atoms with E-state index in [0.29, 0.717) is 21.4 Å². The highest BCUT2D eigenvalue weighted by molar-refractivity contribution is 8.01. The molecule has 0 bridgehead atoms. The molecule has 0 aromatic heterocycles. The summed E-state index contributed by atoms with van der Waals surface area (Å²) < 4.78 is 21.8. The summed E-state index contributed by atoms with van der Waals surface area (Å²) in [5.74, 6) is 0.494. The zero-order valence-corrected chi connectivity index (χ0v) is 12.8. The lowest BCUT2D eigenvalue weighted by atomic mass is 10.1. The van der Waals surface area contributed by atoms with Crippen molar-refractivity contribution in [1.82, 2.24) is 0 Å². The first-order chi connectivity index (χ1) is 8.29. The molecule has 1 rings (SSSR count). The number of benzene rings is 1. The van der Waals surface area contributed by atoms with Crippen molar-refractivity contribution >= 4 is 50.6 Å². The second-order valence-electron chi connectivity index (χ2n) is 3.73. The zero-order valence-electron chi connectivity index (χ0n) is 9.65. The summed E-state index contributed by atoms with van der Waals surface area (Å²) in [6.45, 7) is 0. The molecule has 0 aliphatic carbocycles. The maximum absolute atomic E-state index is 11.8. The van der Waals surface area contributed by atoms with Gasteiger partial charge in [-0.2, -0.15) is 11.8 Å². The number of hydrogen-bond donors (Lipinski definition) is 0. The van der Waals surface area contributed by atoms with Crippen LogP contribution in [-0.4, -0.2) is 37.7 Å². The lowest BCUT2D eigenvalue weighted by Gasteiger charge is -2.04. The predicted molar refractivity (Wildman–Crippen MR) is 77.8 cm³/mol. The van der Waals surface area contributed by atoms with E-state index in [1.807, 2.05) is 0 Å². The molecule has 0 saturated heterocycles. The molecule has 0 fully saturated rings. The van der Waals surface area contributed by atoms with Crippen LogP contribution < -0.4 is 0 Å². The van der Waals surface area contributed by atoms with E-state index >= 15 is 0 Å². The number of rotatable bonds is 6. The minimum atomic E-state index is -2.98. The van der Waals surface area contributed by atoms with E-state index < -0.39 is 9.84 Å². The van der Waals surface area contributed by atoms with Gasteiger partial charge in [-0.25, -0.2) is 8.42 Å². The Hall–Kier alpha value is -0.230. The largest absolute Gasteiger partial charge is 0.293 e. The normalized spacial score (nSPS) is 11.5. The molecular formula is C11H12Cl2O3S2. The molecule has 0 heterocycles. The van der Waals surface area contributed by atoms with E-state index in [0.717, 1.165) is 0 Å². The number of Topliss-reactive ketones (excluding diaryl/α,β-unsaturated/α-hetero) is 1. The summed E-state index contributed by atoms with van der Waals surface area (Å²) in [7, 11) is -2.98. The van der Waals surface area contributed by atoms with Gasteiger partial charge < -0.3 is 0 Å². The molecule has 0 N–H and O–H groups in total. The van der Waals surface area contributed by atoms with Crippen molar-refractivity contribution in [2.24, 2.45) is 0 Å². The van der Waals surface area contributed by atoms with Crippen LogP contribution in [0.3, 0.4) is 0 Å². The fraction of sp³-hybridized carbons (Fsp3) is 0.364. The van der Waals surface area contributed by atoms with Gasteiger partial charge in [-0.1, -0.05) is 23.2 Å². The van der Waals surface area contributed by atoms with E-state index in [1.165, 1.54) is 24.1 Å². The average Bonchev–Trinajstić information content (AvgIpc) is 2.26. The molecule has 3 nitrogen and oxygen atoms in total. The minimum absolute atomic E-state index is 0.0637. The van der Waals surface area contributed by atoms with Crippen molar-refractivity contribution in [2.75, 3.05) is 23.5 Å². The van der Waals surface area contributed by atoms with Crippen LogP contribution in [0.5, 0.6) is 0 Å². The Morgan fingerprint density at radius 2 is 2.00 bits per heavy atom. The summed E-state index contributed by atoms with van der Waals surface area (Å²) in [5.41, 5.74) is 0.371. The maximum atomic E-state index is 11.8. The Balaban J connectivity index is 2.53. The first kappa shape index (κ1) is 15.8. The van der Waals surface area contributed by atoms with Gasteiger partial charge in [-0.3, -0.25) is 4.79 Å². The van der Waals surface area contributed by atoms with Gasteiger partial charge in [0.1, 0.15) is 9.84 Å². The van der Waals surface area contributed by atoms with Crippen LogP contribution in [-0.2, 0) is 9.84 Å². The van der Waals surface area contributed by atoms with Gasteiger partial charge in [0, 0.05) is 22.6 Å². The average molecular weight is 327 g/mol. The van der Waals surface area contributed by atoms with Crippen LogP contribution in [0.1, 0.15) is 10.4 Å². The van der Waals surface area contributed by atoms with Gasteiger partial charge in [-0.15, -0.1) is 0 Å². The Bertz CT molecular complexity index is 541. The van der Waals surface area contributed by atoms with E-state index in [4.69, 9.17) is 23.2 Å². The number of halogens is 2. The van der Waals surface area contributed by atoms with Crippen LogP contribution in [0, 0.1) is 0 Å². The fourth-order valence-corrected chi connectivity index (χ4v) is 3.73. The van der Waals surface area contributed by atoms with Crippen LogP contribution in [0.2, 0.25) is 10.0 Å². The highest BCUT2D eigenvalue weighted by Gasteiger charge is 2.11. The molecular weight excluding hydrogens is 315 g/mol. The van der Waals surface area contributed by atoms with Crippen molar-refractivity contribution in [1.29, 1.82) is 0 Å². The minimum Gasteiger partial charge on any atom is -0.293 e. The number of thioether (sulfide) groups is 1. The summed E-state index contributed by atoms with van der Waals surface area (Å²) in [6, 6.07) is 4.69. The number of hydrogen-bond acceptors (Lipinski definition) is 4. The van der Waals surface area contributed by atoms with Crippen molar-refractivity contribution < 1.29 is 13.2 Å². The number of carbonyl (C=O) groups is 1. The van der Waals surface area contributed by atoms with E-state index in [9.17, 15) is 13.2 Å². The first-order valence-corrected chi connectivity index (χ1v) is 9.00. The van der Waals surface area contributed by atoms with Crippen molar-refractivity contribution in [3.8, 4) is 0 Å². The second kappa shape index (κ2) is 6.80. The monoisotopic (exact) mass is 326 g/mol. The van der Waals surface area contributed by atoms with E-state index in [-0.39, 0.29) is 17.3 Å². The zero-order chi connectivity index (χ0) is 13.8. The van der Waals surface area contributed by atoms with Gasteiger partial charge in [0.25, 0.3) is 0 Å². The Kier molecular flexibility index (Phi) is 5.98. The smallest absolute Gasteiger partial charge is 0.174 e. The maximum Gasteiger partial charge on any atom is 0.174 e. The van der Waals surface area contributed by atoms with Crippen molar-refractivity contribution in [3.05, 3.63) is 33.8 Å². The van der Waals surface area contributed by atoms with Gasteiger partial charge in [0.05, 0.1) is 16.5 Å². The van der Waals surface area contributed by atoms with Crippen LogP contribution >= 0.6 is 35.0 Å². The number of carbonyl (C=O) groups excluding carboxylic acids is 1. The molecule has 0 atom stereocenters. The van der Waals surface area contributed by atoms with E-state index in [2.05, 4.69) is 0 Å². The molecule has 1 aromatic rings. The molecule has 0 radical (unpaired) electrons. The molecule has 0 aliphatic heterocycles. The van der Waals surface area contributed by atoms with Gasteiger partial charge >= 0.3 is 0 Å². The van der Waals surface area contributed by atoms with Crippen LogP contribution in [0.25, 0.3) is 0 Å².